The molecule has 2 aromatic rings. The van der Waals surface area contributed by atoms with Gasteiger partial charge >= 0.3 is 5.97 Å². The SMILES string of the molecule is CCOC(=O)c1sc2nc(C[NH+]3CCOCC3)nc(NC[C@H]3CCCO3)c2c1C. The molecular weight excluding hydrogens is 392 g/mol. The van der Waals surface area contributed by atoms with Gasteiger partial charge in [-0.2, -0.15) is 0 Å². The van der Waals surface area contributed by atoms with Crippen LogP contribution in [0.1, 0.15) is 40.8 Å². The lowest BCUT2D eigenvalue weighted by molar-refractivity contribution is -0.922. The zero-order valence-electron chi connectivity index (χ0n) is 17.1. The van der Waals surface area contributed by atoms with Gasteiger partial charge in [-0.3, -0.25) is 0 Å². The molecule has 2 aliphatic rings. The van der Waals surface area contributed by atoms with Crippen LogP contribution in [0.5, 0.6) is 0 Å². The number of nitrogens with zero attached hydrogens (tertiary/aromatic N) is 2. The van der Waals surface area contributed by atoms with Crippen molar-refractivity contribution in [3.8, 4) is 0 Å². The van der Waals surface area contributed by atoms with Crippen LogP contribution in [0.15, 0.2) is 0 Å². The van der Waals surface area contributed by atoms with E-state index in [1.165, 1.54) is 16.2 Å². The Labute approximate surface area is 174 Å². The van der Waals surface area contributed by atoms with E-state index < -0.39 is 0 Å². The Bertz CT molecular complexity index is 860. The molecule has 2 saturated heterocycles. The molecule has 29 heavy (non-hydrogen) atoms. The number of thiophene rings is 1. The zero-order valence-corrected chi connectivity index (χ0v) is 17.9. The normalized spacial score (nSPS) is 20.3. The smallest absolute Gasteiger partial charge is 0.348 e. The van der Waals surface area contributed by atoms with E-state index in [2.05, 4.69) is 5.32 Å². The van der Waals surface area contributed by atoms with Gasteiger partial charge in [0, 0.05) is 13.2 Å². The quantitative estimate of drug-likeness (QED) is 0.649. The van der Waals surface area contributed by atoms with E-state index in [9.17, 15) is 4.79 Å². The second-order valence-electron chi connectivity index (χ2n) is 7.50. The van der Waals surface area contributed by atoms with Gasteiger partial charge in [0.1, 0.15) is 35.2 Å². The number of aryl methyl sites for hydroxylation is 1. The number of hydrogen-bond acceptors (Lipinski definition) is 8. The minimum Gasteiger partial charge on any atom is -0.462 e. The van der Waals surface area contributed by atoms with Crippen LogP contribution in [0.2, 0.25) is 0 Å². The van der Waals surface area contributed by atoms with E-state index in [0.29, 0.717) is 18.0 Å². The largest absolute Gasteiger partial charge is 0.462 e. The highest BCUT2D eigenvalue weighted by Crippen LogP contribution is 2.34. The first-order valence-electron chi connectivity index (χ1n) is 10.4. The fourth-order valence-corrected chi connectivity index (χ4v) is 4.95. The summed E-state index contributed by atoms with van der Waals surface area (Å²) in [5.41, 5.74) is 0.878. The predicted molar refractivity (Wildman–Crippen MR) is 111 cm³/mol. The third kappa shape index (κ3) is 4.69. The zero-order chi connectivity index (χ0) is 20.2. The molecule has 2 aliphatic heterocycles. The van der Waals surface area contributed by atoms with Gasteiger partial charge in [-0.1, -0.05) is 0 Å². The molecule has 4 heterocycles. The summed E-state index contributed by atoms with van der Waals surface area (Å²) in [5.74, 6) is 1.29. The van der Waals surface area contributed by atoms with Gasteiger partial charge in [-0.25, -0.2) is 14.8 Å². The number of esters is 1. The van der Waals surface area contributed by atoms with E-state index in [1.807, 2.05) is 13.8 Å². The minimum atomic E-state index is -0.293. The van der Waals surface area contributed by atoms with Crippen LogP contribution in [-0.2, 0) is 20.8 Å². The van der Waals surface area contributed by atoms with Gasteiger partial charge in [-0.05, 0) is 32.3 Å². The number of ether oxygens (including phenoxy) is 3. The molecule has 1 atom stereocenters. The van der Waals surface area contributed by atoms with Crippen molar-refractivity contribution in [1.29, 1.82) is 0 Å². The summed E-state index contributed by atoms with van der Waals surface area (Å²) in [6.45, 7) is 9.85. The number of aromatic nitrogens is 2. The Balaban J connectivity index is 1.65. The second kappa shape index (κ2) is 9.34. The highest BCUT2D eigenvalue weighted by Gasteiger charge is 2.24. The molecule has 2 N–H and O–H groups in total. The number of anilines is 1. The molecule has 0 radical (unpaired) electrons. The molecule has 8 nitrogen and oxygen atoms in total. The molecule has 0 aliphatic carbocycles. The molecule has 2 aromatic heterocycles. The maximum absolute atomic E-state index is 12.4. The number of hydrogen-bond donors (Lipinski definition) is 2. The topological polar surface area (TPSA) is 87.0 Å². The third-order valence-electron chi connectivity index (χ3n) is 5.43. The van der Waals surface area contributed by atoms with E-state index in [4.69, 9.17) is 24.2 Å². The first-order valence-corrected chi connectivity index (χ1v) is 11.2. The molecule has 0 aromatic carbocycles. The fraction of sp³-hybridized carbons (Fsp3) is 0.650. The highest BCUT2D eigenvalue weighted by atomic mass is 32.1. The van der Waals surface area contributed by atoms with E-state index in [-0.39, 0.29) is 12.1 Å². The first-order chi connectivity index (χ1) is 14.2. The van der Waals surface area contributed by atoms with Crippen molar-refractivity contribution in [1.82, 2.24) is 9.97 Å². The maximum atomic E-state index is 12.4. The highest BCUT2D eigenvalue weighted by molar-refractivity contribution is 7.20. The van der Waals surface area contributed by atoms with Gasteiger partial charge in [-0.15, -0.1) is 11.3 Å². The monoisotopic (exact) mass is 421 g/mol. The van der Waals surface area contributed by atoms with Crippen LogP contribution in [-0.4, -0.2) is 68.1 Å². The minimum absolute atomic E-state index is 0.205. The maximum Gasteiger partial charge on any atom is 0.348 e. The molecule has 0 unspecified atom stereocenters. The summed E-state index contributed by atoms with van der Waals surface area (Å²) in [6, 6.07) is 0. The summed E-state index contributed by atoms with van der Waals surface area (Å²) in [7, 11) is 0. The average Bonchev–Trinajstić information content (AvgIpc) is 3.35. The molecule has 9 heteroatoms. The Kier molecular flexibility index (Phi) is 6.59. The number of nitrogens with one attached hydrogen (secondary N) is 2. The summed E-state index contributed by atoms with van der Waals surface area (Å²) in [6.07, 6.45) is 2.36. The summed E-state index contributed by atoms with van der Waals surface area (Å²) >= 11 is 1.39. The molecule has 4 rings (SSSR count). The molecule has 0 saturated carbocycles. The van der Waals surface area contributed by atoms with E-state index >= 15 is 0 Å². The van der Waals surface area contributed by atoms with Crippen LogP contribution in [0.3, 0.4) is 0 Å². The number of morpholine rings is 1. The predicted octanol–water partition coefficient (Wildman–Crippen LogP) is 1.18. The van der Waals surface area contributed by atoms with Crippen molar-refractivity contribution in [2.75, 3.05) is 51.4 Å². The Morgan fingerprint density at radius 2 is 2.14 bits per heavy atom. The Hall–Kier alpha value is -1.81. The number of fused-ring (bicyclic) bond motifs is 1. The standard InChI is InChI=1S/C20H28N4O4S/c1-3-27-20(25)17-13(2)16-18(21-11-14-5-4-8-28-14)22-15(23-19(16)29-17)12-24-6-9-26-10-7-24/h14H,3-12H2,1-2H3,(H,21,22,23)/p+1/t14-/m1/s1. The molecule has 158 valence electrons. The molecule has 0 amide bonds. The lowest BCUT2D eigenvalue weighted by Gasteiger charge is -2.23. The molecule has 0 spiro atoms. The molecule has 2 fully saturated rings. The van der Waals surface area contributed by atoms with Gasteiger partial charge < -0.3 is 24.4 Å². The van der Waals surface area contributed by atoms with Crippen molar-refractivity contribution < 1.29 is 23.9 Å². The van der Waals surface area contributed by atoms with Crippen molar-refractivity contribution in [3.05, 3.63) is 16.3 Å². The van der Waals surface area contributed by atoms with Crippen LogP contribution in [0, 0.1) is 6.92 Å². The van der Waals surface area contributed by atoms with Crippen molar-refractivity contribution in [3.63, 3.8) is 0 Å². The second-order valence-corrected chi connectivity index (χ2v) is 8.50. The summed E-state index contributed by atoms with van der Waals surface area (Å²) < 4.78 is 16.4. The first kappa shape index (κ1) is 20.5. The van der Waals surface area contributed by atoms with Crippen LogP contribution < -0.4 is 10.2 Å². The van der Waals surface area contributed by atoms with Crippen LogP contribution in [0.25, 0.3) is 10.2 Å². The Morgan fingerprint density at radius 3 is 2.86 bits per heavy atom. The van der Waals surface area contributed by atoms with E-state index in [0.717, 1.165) is 79.7 Å². The van der Waals surface area contributed by atoms with Gasteiger partial charge in [0.15, 0.2) is 5.82 Å². The van der Waals surface area contributed by atoms with Crippen LogP contribution >= 0.6 is 11.3 Å². The lowest BCUT2D eigenvalue weighted by atomic mass is 10.2. The van der Waals surface area contributed by atoms with Gasteiger partial charge in [0.25, 0.3) is 0 Å². The van der Waals surface area contributed by atoms with E-state index in [1.54, 1.807) is 0 Å². The van der Waals surface area contributed by atoms with Crippen LogP contribution in [0.4, 0.5) is 5.82 Å². The van der Waals surface area contributed by atoms with Crippen molar-refractivity contribution in [2.45, 2.75) is 39.3 Å². The average molecular weight is 422 g/mol. The number of carbonyl (C=O) groups is 1. The molecular formula is C20H29N4O4S+. The number of quaternary nitrogens is 1. The van der Waals surface area contributed by atoms with Crippen molar-refractivity contribution >= 4 is 33.3 Å². The van der Waals surface area contributed by atoms with Gasteiger partial charge in [0.05, 0.1) is 31.3 Å². The summed E-state index contributed by atoms with van der Waals surface area (Å²) in [4.78, 5) is 24.9. The van der Waals surface area contributed by atoms with Crippen molar-refractivity contribution in [2.24, 2.45) is 0 Å². The fourth-order valence-electron chi connectivity index (χ4n) is 3.86. The molecule has 0 bridgehead atoms. The number of carbonyl (C=O) groups excluding carboxylic acids is 1. The Morgan fingerprint density at radius 1 is 1.31 bits per heavy atom. The number of rotatable bonds is 7. The third-order valence-corrected chi connectivity index (χ3v) is 6.59. The lowest BCUT2D eigenvalue weighted by Crippen LogP contribution is -3.12. The van der Waals surface area contributed by atoms with Gasteiger partial charge in [0.2, 0.25) is 0 Å². The summed E-state index contributed by atoms with van der Waals surface area (Å²) in [5, 5.41) is 4.39.